The number of ether oxygens (including phenoxy) is 1. The van der Waals surface area contributed by atoms with Crippen molar-refractivity contribution in [2.75, 3.05) is 6.61 Å². The van der Waals surface area contributed by atoms with E-state index >= 15 is 0 Å². The maximum absolute atomic E-state index is 12.9. The molecule has 0 radical (unpaired) electrons. The van der Waals surface area contributed by atoms with Crippen LogP contribution in [0.1, 0.15) is 17.3 Å². The van der Waals surface area contributed by atoms with Gasteiger partial charge in [0.25, 0.3) is 0 Å². The third-order valence-electron chi connectivity index (χ3n) is 1.61. The number of hydrogen-bond acceptors (Lipinski definition) is 2. The molecule has 0 bridgehead atoms. The maximum atomic E-state index is 12.9. The van der Waals surface area contributed by atoms with Crippen LogP contribution in [0.4, 0.5) is 4.39 Å². The number of allylic oxidation sites excluding steroid dienone is 1. The van der Waals surface area contributed by atoms with Gasteiger partial charge >= 0.3 is 0 Å². The zero-order chi connectivity index (χ0) is 10.4. The fraction of sp³-hybridized carbons (Fsp3) is 0.182. The zero-order valence-electron chi connectivity index (χ0n) is 7.87. The summed E-state index contributed by atoms with van der Waals surface area (Å²) in [6.45, 7) is 2.24. The molecule has 0 aliphatic carbocycles. The summed E-state index contributed by atoms with van der Waals surface area (Å²) in [5.74, 6) is -0.102. The van der Waals surface area contributed by atoms with E-state index in [-0.39, 0.29) is 5.56 Å². The van der Waals surface area contributed by atoms with Gasteiger partial charge in [-0.25, -0.2) is 4.39 Å². The Balaban J connectivity index is 2.76. The summed E-state index contributed by atoms with van der Waals surface area (Å²) < 4.78 is 18.1. The predicted octanol–water partition coefficient (Wildman–Crippen LogP) is 2.59. The van der Waals surface area contributed by atoms with Crippen LogP contribution in [0.15, 0.2) is 30.4 Å². The van der Waals surface area contributed by atoms with E-state index in [0.717, 1.165) is 6.07 Å². The fourth-order valence-corrected chi connectivity index (χ4v) is 0.976. The van der Waals surface area contributed by atoms with Crippen LogP contribution in [0, 0.1) is 5.82 Å². The van der Waals surface area contributed by atoms with Crippen molar-refractivity contribution in [2.45, 2.75) is 6.92 Å². The highest BCUT2D eigenvalue weighted by atomic mass is 19.1. The van der Waals surface area contributed by atoms with Crippen molar-refractivity contribution in [2.24, 2.45) is 0 Å². The van der Waals surface area contributed by atoms with Crippen LogP contribution in [0.25, 0.3) is 0 Å². The van der Waals surface area contributed by atoms with E-state index in [1.54, 1.807) is 6.08 Å². The van der Waals surface area contributed by atoms with Gasteiger partial charge in [-0.2, -0.15) is 0 Å². The summed E-state index contributed by atoms with van der Waals surface area (Å²) in [5.41, 5.74) is 0.278. The Bertz CT molecular complexity index is 345. The Morgan fingerprint density at radius 3 is 2.86 bits per heavy atom. The molecule has 1 aromatic carbocycles. The van der Waals surface area contributed by atoms with Crippen molar-refractivity contribution in [3.63, 3.8) is 0 Å². The molecule has 0 aromatic heterocycles. The lowest BCUT2D eigenvalue weighted by molar-refractivity contribution is 0.112. The molecule has 0 fully saturated rings. The topological polar surface area (TPSA) is 26.3 Å². The number of carbonyl (C=O) groups is 1. The van der Waals surface area contributed by atoms with Crippen molar-refractivity contribution in [1.29, 1.82) is 0 Å². The van der Waals surface area contributed by atoms with Gasteiger partial charge in [-0.05, 0) is 19.1 Å². The normalized spacial score (nSPS) is 10.4. The van der Waals surface area contributed by atoms with Crippen LogP contribution >= 0.6 is 0 Å². The average Bonchev–Trinajstić information content (AvgIpc) is 2.17. The van der Waals surface area contributed by atoms with Gasteiger partial charge in [0.15, 0.2) is 0 Å². The van der Waals surface area contributed by atoms with E-state index in [1.165, 1.54) is 12.1 Å². The van der Waals surface area contributed by atoms with Crippen molar-refractivity contribution in [3.8, 4) is 5.75 Å². The fourth-order valence-electron chi connectivity index (χ4n) is 0.976. The molecule has 2 nitrogen and oxygen atoms in total. The van der Waals surface area contributed by atoms with Gasteiger partial charge in [-0.1, -0.05) is 12.2 Å². The van der Waals surface area contributed by atoms with E-state index in [2.05, 4.69) is 0 Å². The second kappa shape index (κ2) is 5.17. The molecule has 0 saturated carbocycles. The standard InChI is InChI=1S/C11H11FO2/c1-2-3-4-14-11-6-9(8-13)5-10(12)7-11/h2-3,5-8H,4H2,1H3/b3-2+. The molecule has 3 heteroatoms. The first-order chi connectivity index (χ1) is 6.76. The zero-order valence-corrected chi connectivity index (χ0v) is 7.87. The molecule has 1 rings (SSSR count). The van der Waals surface area contributed by atoms with E-state index in [9.17, 15) is 9.18 Å². The highest BCUT2D eigenvalue weighted by molar-refractivity contribution is 5.75. The summed E-state index contributed by atoms with van der Waals surface area (Å²) in [7, 11) is 0. The van der Waals surface area contributed by atoms with Crippen molar-refractivity contribution in [1.82, 2.24) is 0 Å². The van der Waals surface area contributed by atoms with Crippen LogP contribution < -0.4 is 4.74 Å². The minimum Gasteiger partial charge on any atom is -0.489 e. The lowest BCUT2D eigenvalue weighted by Gasteiger charge is -2.03. The molecule has 0 aliphatic rings. The molecular formula is C11H11FO2. The predicted molar refractivity (Wildman–Crippen MR) is 52.1 cm³/mol. The molecule has 0 atom stereocenters. The van der Waals surface area contributed by atoms with Gasteiger partial charge in [0, 0.05) is 11.6 Å². The van der Waals surface area contributed by atoms with Gasteiger partial charge < -0.3 is 4.74 Å². The van der Waals surface area contributed by atoms with Crippen LogP contribution in [0.5, 0.6) is 5.75 Å². The summed E-state index contributed by atoms with van der Waals surface area (Å²) in [6, 6.07) is 3.91. The summed E-state index contributed by atoms with van der Waals surface area (Å²) in [6.07, 6.45) is 4.22. The molecule has 74 valence electrons. The minimum absolute atomic E-state index is 0.278. The molecule has 0 N–H and O–H groups in total. The summed E-state index contributed by atoms with van der Waals surface area (Å²) in [4.78, 5) is 10.4. The summed E-state index contributed by atoms with van der Waals surface area (Å²) >= 11 is 0. The van der Waals surface area contributed by atoms with Gasteiger partial charge in [-0.3, -0.25) is 4.79 Å². The summed E-state index contributed by atoms with van der Waals surface area (Å²) in [5, 5.41) is 0. The van der Waals surface area contributed by atoms with E-state index in [1.807, 2.05) is 13.0 Å². The van der Waals surface area contributed by atoms with Crippen molar-refractivity contribution in [3.05, 3.63) is 41.7 Å². The molecule has 0 heterocycles. The smallest absolute Gasteiger partial charge is 0.150 e. The van der Waals surface area contributed by atoms with Gasteiger partial charge in [0.2, 0.25) is 0 Å². The first-order valence-corrected chi connectivity index (χ1v) is 4.26. The van der Waals surface area contributed by atoms with Gasteiger partial charge in [0.1, 0.15) is 24.5 Å². The third kappa shape index (κ3) is 3.01. The number of halogens is 1. The Kier molecular flexibility index (Phi) is 3.85. The largest absolute Gasteiger partial charge is 0.489 e. The number of aldehydes is 1. The van der Waals surface area contributed by atoms with Crippen molar-refractivity contribution < 1.29 is 13.9 Å². The van der Waals surface area contributed by atoms with E-state index < -0.39 is 5.82 Å². The molecule has 0 spiro atoms. The highest BCUT2D eigenvalue weighted by Crippen LogP contribution is 2.15. The van der Waals surface area contributed by atoms with Crippen LogP contribution in [-0.4, -0.2) is 12.9 Å². The van der Waals surface area contributed by atoms with Crippen molar-refractivity contribution >= 4 is 6.29 Å². The lowest BCUT2D eigenvalue weighted by Crippen LogP contribution is -1.95. The monoisotopic (exact) mass is 194 g/mol. The number of benzene rings is 1. The molecule has 0 aliphatic heterocycles. The molecular weight excluding hydrogens is 183 g/mol. The Morgan fingerprint density at radius 2 is 2.21 bits per heavy atom. The highest BCUT2D eigenvalue weighted by Gasteiger charge is 1.99. The van der Waals surface area contributed by atoms with Gasteiger partial charge in [-0.15, -0.1) is 0 Å². The quantitative estimate of drug-likeness (QED) is 0.544. The average molecular weight is 194 g/mol. The Hall–Kier alpha value is -1.64. The second-order valence-electron chi connectivity index (χ2n) is 2.72. The number of rotatable bonds is 4. The number of hydrogen-bond donors (Lipinski definition) is 0. The minimum atomic E-state index is -0.468. The Morgan fingerprint density at radius 1 is 1.43 bits per heavy atom. The third-order valence-corrected chi connectivity index (χ3v) is 1.61. The molecule has 1 aromatic rings. The Labute approximate surface area is 82.0 Å². The first kappa shape index (κ1) is 10.4. The van der Waals surface area contributed by atoms with E-state index in [4.69, 9.17) is 4.74 Å². The second-order valence-corrected chi connectivity index (χ2v) is 2.72. The first-order valence-electron chi connectivity index (χ1n) is 4.26. The molecule has 0 saturated heterocycles. The van der Waals surface area contributed by atoms with Crippen LogP contribution in [0.2, 0.25) is 0 Å². The van der Waals surface area contributed by atoms with Gasteiger partial charge in [0.05, 0.1) is 0 Å². The SMILES string of the molecule is C/C=C/COc1cc(F)cc(C=O)c1. The molecule has 14 heavy (non-hydrogen) atoms. The molecule has 0 amide bonds. The van der Waals surface area contributed by atoms with Crippen LogP contribution in [0.3, 0.4) is 0 Å². The maximum Gasteiger partial charge on any atom is 0.150 e. The molecule has 0 unspecified atom stereocenters. The van der Waals surface area contributed by atoms with E-state index in [0.29, 0.717) is 18.6 Å². The lowest BCUT2D eigenvalue weighted by atomic mass is 10.2. The van der Waals surface area contributed by atoms with Crippen LogP contribution in [-0.2, 0) is 0 Å². The number of carbonyl (C=O) groups excluding carboxylic acids is 1.